The SMILES string of the molecule is COc1ccc([C@@H]2CN(C(=O)OCC3c4ccccc4-c4ccccc43)C[C@H]2C(=O)O)c(Br)c1. The molecule has 3 aromatic rings. The molecule has 1 heterocycles. The van der Waals surface area contributed by atoms with Crippen LogP contribution in [0, 0.1) is 5.92 Å². The number of amides is 1. The fourth-order valence-corrected chi connectivity index (χ4v) is 5.79. The van der Waals surface area contributed by atoms with Crippen LogP contribution in [0.2, 0.25) is 0 Å². The minimum Gasteiger partial charge on any atom is -0.497 e. The maximum absolute atomic E-state index is 13.0. The van der Waals surface area contributed by atoms with Crippen LogP contribution < -0.4 is 4.74 Å². The van der Waals surface area contributed by atoms with Gasteiger partial charge in [0.25, 0.3) is 0 Å². The van der Waals surface area contributed by atoms with Gasteiger partial charge in [0.1, 0.15) is 12.4 Å². The first-order chi connectivity index (χ1) is 16.5. The summed E-state index contributed by atoms with van der Waals surface area (Å²) < 4.78 is 11.8. The maximum Gasteiger partial charge on any atom is 0.409 e. The number of aliphatic carboxylic acids is 1. The summed E-state index contributed by atoms with van der Waals surface area (Å²) in [7, 11) is 1.58. The van der Waals surface area contributed by atoms with Gasteiger partial charge in [-0.05, 0) is 39.9 Å². The van der Waals surface area contributed by atoms with Crippen LogP contribution in [0.15, 0.2) is 71.2 Å². The van der Waals surface area contributed by atoms with Crippen molar-refractivity contribution < 1.29 is 24.2 Å². The van der Waals surface area contributed by atoms with Crippen LogP contribution in [0.5, 0.6) is 5.75 Å². The van der Waals surface area contributed by atoms with Crippen LogP contribution in [-0.4, -0.2) is 48.9 Å². The lowest BCUT2D eigenvalue weighted by atomic mass is 9.89. The molecule has 0 unspecified atom stereocenters. The molecule has 5 rings (SSSR count). The Balaban J connectivity index is 1.33. The molecular weight excluding hydrogens is 498 g/mol. The molecule has 1 saturated heterocycles. The van der Waals surface area contributed by atoms with E-state index in [0.717, 1.165) is 32.3 Å². The van der Waals surface area contributed by atoms with Gasteiger partial charge in [0.2, 0.25) is 0 Å². The Morgan fingerprint density at radius 2 is 1.62 bits per heavy atom. The van der Waals surface area contributed by atoms with Crippen molar-refractivity contribution in [2.24, 2.45) is 5.92 Å². The van der Waals surface area contributed by atoms with E-state index in [1.54, 1.807) is 13.2 Å². The van der Waals surface area contributed by atoms with Gasteiger partial charge in [-0.1, -0.05) is 70.5 Å². The van der Waals surface area contributed by atoms with Crippen LogP contribution in [0.4, 0.5) is 4.79 Å². The highest BCUT2D eigenvalue weighted by molar-refractivity contribution is 9.10. The highest BCUT2D eigenvalue weighted by Crippen LogP contribution is 2.45. The fourth-order valence-electron chi connectivity index (χ4n) is 5.14. The highest BCUT2D eigenvalue weighted by Gasteiger charge is 2.42. The maximum atomic E-state index is 13.0. The molecule has 1 amide bonds. The molecule has 1 aliphatic heterocycles. The van der Waals surface area contributed by atoms with E-state index in [2.05, 4.69) is 40.2 Å². The van der Waals surface area contributed by atoms with E-state index in [0.29, 0.717) is 5.75 Å². The molecule has 0 bridgehead atoms. The predicted molar refractivity (Wildman–Crippen MR) is 131 cm³/mol. The average molecular weight is 522 g/mol. The zero-order chi connectivity index (χ0) is 23.8. The van der Waals surface area contributed by atoms with Gasteiger partial charge in [-0.25, -0.2) is 4.79 Å². The number of rotatable bonds is 5. The molecule has 174 valence electrons. The van der Waals surface area contributed by atoms with Crippen LogP contribution in [0.1, 0.15) is 28.5 Å². The Morgan fingerprint density at radius 1 is 0.971 bits per heavy atom. The third-order valence-electron chi connectivity index (χ3n) is 6.84. The minimum absolute atomic E-state index is 0.0410. The molecule has 1 aliphatic carbocycles. The van der Waals surface area contributed by atoms with Gasteiger partial charge >= 0.3 is 12.1 Å². The monoisotopic (exact) mass is 521 g/mol. The van der Waals surface area contributed by atoms with Gasteiger partial charge < -0.3 is 19.5 Å². The lowest BCUT2D eigenvalue weighted by Gasteiger charge is -2.20. The summed E-state index contributed by atoms with van der Waals surface area (Å²) in [6, 6.07) is 21.8. The third-order valence-corrected chi connectivity index (χ3v) is 7.53. The molecule has 2 aliphatic rings. The number of halogens is 1. The van der Waals surface area contributed by atoms with E-state index in [4.69, 9.17) is 9.47 Å². The molecule has 0 aromatic heterocycles. The first kappa shape index (κ1) is 22.5. The summed E-state index contributed by atoms with van der Waals surface area (Å²) in [6.07, 6.45) is -0.486. The summed E-state index contributed by atoms with van der Waals surface area (Å²) in [5.74, 6) is -1.36. The minimum atomic E-state index is -0.929. The normalized spacial score (nSPS) is 18.9. The van der Waals surface area contributed by atoms with Crippen molar-refractivity contribution in [1.29, 1.82) is 0 Å². The Morgan fingerprint density at radius 3 is 2.21 bits per heavy atom. The third kappa shape index (κ3) is 3.94. The van der Waals surface area contributed by atoms with Crippen LogP contribution in [0.3, 0.4) is 0 Å². The number of ether oxygens (including phenoxy) is 2. The van der Waals surface area contributed by atoms with E-state index >= 15 is 0 Å². The Hall–Kier alpha value is -3.32. The summed E-state index contributed by atoms with van der Waals surface area (Å²) in [5.41, 5.74) is 5.44. The van der Waals surface area contributed by atoms with Crippen LogP contribution >= 0.6 is 15.9 Å². The van der Waals surface area contributed by atoms with Crippen molar-refractivity contribution in [3.63, 3.8) is 0 Å². The quantitative estimate of drug-likeness (QED) is 0.479. The lowest BCUT2D eigenvalue weighted by Crippen LogP contribution is -2.31. The first-order valence-corrected chi connectivity index (χ1v) is 11.9. The number of carbonyl (C=O) groups is 2. The molecule has 7 heteroatoms. The summed E-state index contributed by atoms with van der Waals surface area (Å²) in [6.45, 7) is 0.589. The number of benzene rings is 3. The molecular formula is C27H24BrNO5. The lowest BCUT2D eigenvalue weighted by molar-refractivity contribution is -0.141. The number of fused-ring (bicyclic) bond motifs is 3. The van der Waals surface area contributed by atoms with E-state index in [1.165, 1.54) is 4.90 Å². The molecule has 0 radical (unpaired) electrons. The number of carboxylic acids is 1. The molecule has 0 saturated carbocycles. The molecule has 34 heavy (non-hydrogen) atoms. The topological polar surface area (TPSA) is 76.1 Å². The summed E-state index contributed by atoms with van der Waals surface area (Å²) >= 11 is 3.53. The number of carboxylic acid groups (broad SMARTS) is 1. The molecule has 1 N–H and O–H groups in total. The van der Waals surface area contributed by atoms with Gasteiger partial charge in [0.05, 0.1) is 13.0 Å². The van der Waals surface area contributed by atoms with Crippen molar-refractivity contribution in [3.05, 3.63) is 87.9 Å². The Kier molecular flexibility index (Phi) is 6.04. The van der Waals surface area contributed by atoms with Crippen molar-refractivity contribution >= 4 is 28.0 Å². The van der Waals surface area contributed by atoms with E-state index in [-0.39, 0.29) is 31.5 Å². The second-order valence-corrected chi connectivity index (χ2v) is 9.50. The Bertz CT molecular complexity index is 1210. The van der Waals surface area contributed by atoms with Gasteiger partial charge in [0.15, 0.2) is 0 Å². The van der Waals surface area contributed by atoms with Crippen LogP contribution in [0.25, 0.3) is 11.1 Å². The van der Waals surface area contributed by atoms with E-state index in [1.807, 2.05) is 36.4 Å². The van der Waals surface area contributed by atoms with Gasteiger partial charge in [-0.2, -0.15) is 0 Å². The number of nitrogens with zero attached hydrogens (tertiary/aromatic N) is 1. The number of hydrogen-bond acceptors (Lipinski definition) is 4. The number of methoxy groups -OCH3 is 1. The number of likely N-dealkylation sites (tertiary alicyclic amines) is 1. The Labute approximate surface area is 206 Å². The van der Waals surface area contributed by atoms with Crippen molar-refractivity contribution in [1.82, 2.24) is 4.90 Å². The smallest absolute Gasteiger partial charge is 0.409 e. The molecule has 6 nitrogen and oxygen atoms in total. The number of hydrogen-bond donors (Lipinski definition) is 1. The standard InChI is InChI=1S/C27H24BrNO5/c1-33-16-10-11-21(25(28)12-16)22-13-29(14-23(22)26(30)31)27(32)34-15-24-19-8-4-2-6-17(19)18-7-3-5-9-20(18)24/h2-12,22-24H,13-15H2,1H3,(H,30,31)/t22-,23+/m0/s1. The average Bonchev–Trinajstić information content (AvgIpc) is 3.43. The zero-order valence-electron chi connectivity index (χ0n) is 18.6. The molecule has 3 aromatic carbocycles. The predicted octanol–water partition coefficient (Wildman–Crippen LogP) is 5.51. The van der Waals surface area contributed by atoms with Crippen molar-refractivity contribution in [2.75, 3.05) is 26.8 Å². The second kappa shape index (κ2) is 9.14. The molecule has 1 fully saturated rings. The molecule has 0 spiro atoms. The summed E-state index contributed by atoms with van der Waals surface area (Å²) in [4.78, 5) is 26.6. The zero-order valence-corrected chi connectivity index (χ0v) is 20.2. The molecule has 2 atom stereocenters. The van der Waals surface area contributed by atoms with E-state index < -0.39 is 18.0 Å². The van der Waals surface area contributed by atoms with Gasteiger partial charge in [-0.3, -0.25) is 4.79 Å². The first-order valence-electron chi connectivity index (χ1n) is 11.1. The highest BCUT2D eigenvalue weighted by atomic mass is 79.9. The van der Waals surface area contributed by atoms with E-state index in [9.17, 15) is 14.7 Å². The largest absolute Gasteiger partial charge is 0.497 e. The number of carbonyl (C=O) groups excluding carboxylic acids is 1. The van der Waals surface area contributed by atoms with Gasteiger partial charge in [-0.15, -0.1) is 0 Å². The van der Waals surface area contributed by atoms with Gasteiger partial charge in [0, 0.05) is 29.4 Å². The fraction of sp³-hybridized carbons (Fsp3) is 0.259. The van der Waals surface area contributed by atoms with Crippen molar-refractivity contribution in [2.45, 2.75) is 11.8 Å². The van der Waals surface area contributed by atoms with Crippen molar-refractivity contribution in [3.8, 4) is 16.9 Å². The second-order valence-electron chi connectivity index (χ2n) is 8.65. The summed E-state index contributed by atoms with van der Waals surface area (Å²) in [5, 5.41) is 9.84. The van der Waals surface area contributed by atoms with Crippen LogP contribution in [-0.2, 0) is 9.53 Å².